The van der Waals surface area contributed by atoms with Crippen molar-refractivity contribution in [2.24, 2.45) is 0 Å². The standard InChI is InChI=1S/C13H8ClN3O2/c14-9-4-2-1-3-8(9)11-5-6-15-12-7-10(13(18)19)16-17(11)12/h1-7H,(H,18,19). The Morgan fingerprint density at radius 1 is 1.26 bits per heavy atom. The summed E-state index contributed by atoms with van der Waals surface area (Å²) in [4.78, 5) is 15.0. The molecule has 2 heterocycles. The van der Waals surface area contributed by atoms with E-state index in [2.05, 4.69) is 10.1 Å². The van der Waals surface area contributed by atoms with Crippen LogP contribution in [0.3, 0.4) is 0 Å². The molecular weight excluding hydrogens is 266 g/mol. The van der Waals surface area contributed by atoms with E-state index < -0.39 is 5.97 Å². The molecule has 0 fully saturated rings. The highest BCUT2D eigenvalue weighted by molar-refractivity contribution is 6.33. The molecule has 0 unspecified atom stereocenters. The van der Waals surface area contributed by atoms with Gasteiger partial charge in [0.15, 0.2) is 11.3 Å². The summed E-state index contributed by atoms with van der Waals surface area (Å²) in [5.74, 6) is -1.09. The first kappa shape index (κ1) is 11.7. The van der Waals surface area contributed by atoms with Crippen LogP contribution in [0.5, 0.6) is 0 Å². The van der Waals surface area contributed by atoms with Gasteiger partial charge in [0.1, 0.15) is 0 Å². The first-order valence-corrected chi connectivity index (χ1v) is 5.87. The Hall–Kier alpha value is -2.40. The predicted molar refractivity (Wildman–Crippen MR) is 70.4 cm³/mol. The Labute approximate surface area is 113 Å². The molecular formula is C13H8ClN3O2. The minimum atomic E-state index is -1.09. The third-order valence-corrected chi connectivity index (χ3v) is 3.06. The van der Waals surface area contributed by atoms with Crippen LogP contribution in [0, 0.1) is 0 Å². The van der Waals surface area contributed by atoms with Gasteiger partial charge in [0.05, 0.1) is 5.69 Å². The normalized spacial score (nSPS) is 10.8. The fourth-order valence-electron chi connectivity index (χ4n) is 1.87. The van der Waals surface area contributed by atoms with E-state index in [4.69, 9.17) is 16.7 Å². The molecule has 0 radical (unpaired) electrons. The van der Waals surface area contributed by atoms with Crippen LogP contribution in [-0.4, -0.2) is 25.7 Å². The van der Waals surface area contributed by atoms with Crippen molar-refractivity contribution >= 4 is 23.2 Å². The third-order valence-electron chi connectivity index (χ3n) is 2.73. The van der Waals surface area contributed by atoms with E-state index in [9.17, 15) is 4.79 Å². The van der Waals surface area contributed by atoms with E-state index in [0.717, 1.165) is 5.56 Å². The van der Waals surface area contributed by atoms with Crippen molar-refractivity contribution in [3.05, 3.63) is 53.3 Å². The molecule has 0 atom stereocenters. The molecule has 19 heavy (non-hydrogen) atoms. The molecule has 5 nitrogen and oxygen atoms in total. The molecule has 0 amide bonds. The van der Waals surface area contributed by atoms with Gasteiger partial charge in [0.25, 0.3) is 0 Å². The highest BCUT2D eigenvalue weighted by Gasteiger charge is 2.13. The van der Waals surface area contributed by atoms with Crippen LogP contribution in [0.1, 0.15) is 10.5 Å². The quantitative estimate of drug-likeness (QED) is 0.779. The summed E-state index contributed by atoms with van der Waals surface area (Å²) < 4.78 is 1.48. The van der Waals surface area contributed by atoms with Gasteiger partial charge in [0.2, 0.25) is 0 Å². The van der Waals surface area contributed by atoms with Crippen molar-refractivity contribution in [2.75, 3.05) is 0 Å². The number of carboxylic acids is 1. The minimum Gasteiger partial charge on any atom is -0.476 e. The third kappa shape index (κ3) is 1.94. The zero-order valence-corrected chi connectivity index (χ0v) is 10.4. The van der Waals surface area contributed by atoms with E-state index in [1.807, 2.05) is 18.2 Å². The first-order chi connectivity index (χ1) is 9.16. The molecule has 3 aromatic rings. The highest BCUT2D eigenvalue weighted by Crippen LogP contribution is 2.27. The van der Waals surface area contributed by atoms with E-state index >= 15 is 0 Å². The summed E-state index contributed by atoms with van der Waals surface area (Å²) in [5.41, 5.74) is 1.89. The summed E-state index contributed by atoms with van der Waals surface area (Å²) >= 11 is 6.15. The van der Waals surface area contributed by atoms with Crippen molar-refractivity contribution < 1.29 is 9.90 Å². The maximum atomic E-state index is 11.0. The zero-order valence-electron chi connectivity index (χ0n) is 9.62. The summed E-state index contributed by atoms with van der Waals surface area (Å²) in [6, 6.07) is 10.5. The van der Waals surface area contributed by atoms with Crippen LogP contribution >= 0.6 is 11.6 Å². The maximum absolute atomic E-state index is 11.0. The van der Waals surface area contributed by atoms with Crippen molar-refractivity contribution in [3.63, 3.8) is 0 Å². The summed E-state index contributed by atoms with van der Waals surface area (Å²) in [7, 11) is 0. The number of aromatic nitrogens is 3. The number of nitrogens with zero attached hydrogens (tertiary/aromatic N) is 3. The number of halogens is 1. The van der Waals surface area contributed by atoms with Gasteiger partial charge < -0.3 is 5.11 Å². The topological polar surface area (TPSA) is 67.5 Å². The van der Waals surface area contributed by atoms with Crippen molar-refractivity contribution in [1.29, 1.82) is 0 Å². The molecule has 0 aliphatic heterocycles. The number of carboxylic acid groups (broad SMARTS) is 1. The molecule has 3 rings (SSSR count). The second-order valence-electron chi connectivity index (χ2n) is 3.91. The molecule has 1 N–H and O–H groups in total. The van der Waals surface area contributed by atoms with Gasteiger partial charge in [-0.15, -0.1) is 0 Å². The Morgan fingerprint density at radius 2 is 2.05 bits per heavy atom. The lowest BCUT2D eigenvalue weighted by molar-refractivity contribution is 0.0690. The summed E-state index contributed by atoms with van der Waals surface area (Å²) in [6.45, 7) is 0. The second kappa shape index (κ2) is 4.37. The summed E-state index contributed by atoms with van der Waals surface area (Å²) in [6.07, 6.45) is 1.60. The number of hydrogen-bond acceptors (Lipinski definition) is 3. The number of aromatic carboxylic acids is 1. The largest absolute Gasteiger partial charge is 0.476 e. The Balaban J connectivity index is 2.30. The molecule has 0 bridgehead atoms. The Morgan fingerprint density at radius 3 is 2.79 bits per heavy atom. The monoisotopic (exact) mass is 273 g/mol. The van der Waals surface area contributed by atoms with E-state index in [0.29, 0.717) is 16.4 Å². The number of fused-ring (bicyclic) bond motifs is 1. The van der Waals surface area contributed by atoms with Crippen molar-refractivity contribution in [3.8, 4) is 11.3 Å². The van der Waals surface area contributed by atoms with Crippen LogP contribution in [0.4, 0.5) is 0 Å². The van der Waals surface area contributed by atoms with E-state index in [1.165, 1.54) is 10.6 Å². The van der Waals surface area contributed by atoms with Crippen LogP contribution in [0.25, 0.3) is 16.9 Å². The predicted octanol–water partition coefficient (Wildman–Crippen LogP) is 2.75. The van der Waals surface area contributed by atoms with Gasteiger partial charge in [-0.3, -0.25) is 0 Å². The van der Waals surface area contributed by atoms with Crippen LogP contribution in [0.15, 0.2) is 42.6 Å². The maximum Gasteiger partial charge on any atom is 0.356 e. The molecule has 6 heteroatoms. The van der Waals surface area contributed by atoms with Crippen LogP contribution < -0.4 is 0 Å². The van der Waals surface area contributed by atoms with Gasteiger partial charge >= 0.3 is 5.97 Å². The number of rotatable bonds is 2. The van der Waals surface area contributed by atoms with E-state index in [-0.39, 0.29) is 5.69 Å². The molecule has 2 aromatic heterocycles. The van der Waals surface area contributed by atoms with Gasteiger partial charge in [-0.1, -0.05) is 29.8 Å². The van der Waals surface area contributed by atoms with Crippen LogP contribution in [0.2, 0.25) is 5.02 Å². The first-order valence-electron chi connectivity index (χ1n) is 5.50. The highest BCUT2D eigenvalue weighted by atomic mass is 35.5. The SMILES string of the molecule is O=C(O)c1cc2nccc(-c3ccccc3Cl)n2n1. The zero-order chi connectivity index (χ0) is 13.4. The Bertz CT molecular complexity index is 782. The fourth-order valence-corrected chi connectivity index (χ4v) is 2.11. The van der Waals surface area contributed by atoms with Crippen molar-refractivity contribution in [2.45, 2.75) is 0 Å². The molecule has 0 aliphatic carbocycles. The molecule has 94 valence electrons. The number of benzene rings is 1. The fraction of sp³-hybridized carbons (Fsp3) is 0. The van der Waals surface area contributed by atoms with E-state index in [1.54, 1.807) is 18.3 Å². The second-order valence-corrected chi connectivity index (χ2v) is 4.32. The Kier molecular flexibility index (Phi) is 2.68. The summed E-state index contributed by atoms with van der Waals surface area (Å²) in [5, 5.41) is 13.6. The lowest BCUT2D eigenvalue weighted by atomic mass is 10.1. The lowest BCUT2D eigenvalue weighted by Crippen LogP contribution is -2.00. The minimum absolute atomic E-state index is 0.0491. The van der Waals surface area contributed by atoms with Gasteiger partial charge in [-0.2, -0.15) is 5.10 Å². The molecule has 0 saturated heterocycles. The molecule has 0 saturated carbocycles. The van der Waals surface area contributed by atoms with Crippen molar-refractivity contribution in [1.82, 2.24) is 14.6 Å². The average molecular weight is 274 g/mol. The van der Waals surface area contributed by atoms with Gasteiger partial charge in [-0.25, -0.2) is 14.3 Å². The van der Waals surface area contributed by atoms with Gasteiger partial charge in [0, 0.05) is 22.8 Å². The lowest BCUT2D eigenvalue weighted by Gasteiger charge is -2.05. The number of hydrogen-bond donors (Lipinski definition) is 1. The van der Waals surface area contributed by atoms with Gasteiger partial charge in [-0.05, 0) is 12.1 Å². The molecule has 0 aliphatic rings. The number of carbonyl (C=O) groups is 1. The van der Waals surface area contributed by atoms with Crippen LogP contribution in [-0.2, 0) is 0 Å². The smallest absolute Gasteiger partial charge is 0.356 e. The molecule has 0 spiro atoms. The molecule has 1 aromatic carbocycles. The average Bonchev–Trinajstić information content (AvgIpc) is 2.83.